The van der Waals surface area contributed by atoms with Gasteiger partial charge in [0.15, 0.2) is 11.2 Å². The number of amides is 1. The second kappa shape index (κ2) is 10.9. The van der Waals surface area contributed by atoms with Gasteiger partial charge in [-0.3, -0.25) is 14.8 Å². The average molecular weight is 599 g/mol. The molecule has 0 fully saturated rings. The molecule has 1 amide bonds. The van der Waals surface area contributed by atoms with E-state index in [0.717, 1.165) is 24.1 Å². The van der Waals surface area contributed by atoms with Crippen molar-refractivity contribution in [2.24, 2.45) is 0 Å². The van der Waals surface area contributed by atoms with E-state index < -0.39 is 18.1 Å². The van der Waals surface area contributed by atoms with E-state index in [-0.39, 0.29) is 13.0 Å². The molecule has 5 aromatic rings. The first-order chi connectivity index (χ1) is 19.3. The summed E-state index contributed by atoms with van der Waals surface area (Å²) < 4.78 is 17.5. The topological polar surface area (TPSA) is 80.9 Å². The standard InChI is InChI=1S/C28H26Cl2FN7OS/c1-36(2)9-7-16-3-5-17(6-4-16)19-12-21(29)20-14-38(35-24(20)23(19)30)26(27(39)34-28-32-8-10-40-28)25-22-11-18(31)13-37(22)15-33-25/h3-6,8,10,12,14-15,18,26H,7,9,11,13H2,1-2H3,(H,32,34,39). The Morgan fingerprint density at radius 1 is 1.25 bits per heavy atom. The second-order valence-corrected chi connectivity index (χ2v) is 11.8. The molecule has 3 aromatic heterocycles. The lowest BCUT2D eigenvalue weighted by Gasteiger charge is -2.16. The number of carbonyl (C=O) groups is 1. The van der Waals surface area contributed by atoms with Crippen LogP contribution in [0.5, 0.6) is 0 Å². The fourth-order valence-electron chi connectivity index (χ4n) is 5.02. The number of imidazole rings is 1. The number of alkyl halides is 1. The summed E-state index contributed by atoms with van der Waals surface area (Å²) in [6.07, 6.45) is 4.95. The van der Waals surface area contributed by atoms with Crippen molar-refractivity contribution < 1.29 is 9.18 Å². The van der Waals surface area contributed by atoms with Crippen molar-refractivity contribution in [1.29, 1.82) is 0 Å². The number of nitrogens with one attached hydrogen (secondary N) is 1. The van der Waals surface area contributed by atoms with Crippen LogP contribution in [0.3, 0.4) is 0 Å². The third kappa shape index (κ3) is 5.12. The van der Waals surface area contributed by atoms with Gasteiger partial charge in [-0.15, -0.1) is 11.3 Å². The van der Waals surface area contributed by atoms with E-state index in [0.29, 0.717) is 37.5 Å². The molecule has 8 nitrogen and oxygen atoms in total. The zero-order valence-electron chi connectivity index (χ0n) is 21.8. The molecule has 2 aromatic carbocycles. The molecule has 1 N–H and O–H groups in total. The molecule has 40 heavy (non-hydrogen) atoms. The zero-order chi connectivity index (χ0) is 28.0. The van der Waals surface area contributed by atoms with Gasteiger partial charge in [0, 0.05) is 47.4 Å². The Hall–Kier alpha value is -3.31. The van der Waals surface area contributed by atoms with Crippen LogP contribution in [0.15, 0.2) is 54.4 Å². The molecule has 2 atom stereocenters. The summed E-state index contributed by atoms with van der Waals surface area (Å²) >= 11 is 15.0. The highest BCUT2D eigenvalue weighted by Crippen LogP contribution is 2.39. The van der Waals surface area contributed by atoms with Gasteiger partial charge < -0.3 is 9.47 Å². The number of nitrogens with zero attached hydrogens (tertiary/aromatic N) is 6. The summed E-state index contributed by atoms with van der Waals surface area (Å²) in [5, 5.41) is 11.3. The van der Waals surface area contributed by atoms with Crippen LogP contribution in [0.25, 0.3) is 22.0 Å². The Morgan fingerprint density at radius 3 is 2.77 bits per heavy atom. The van der Waals surface area contributed by atoms with Crippen LogP contribution in [-0.2, 0) is 24.2 Å². The lowest BCUT2D eigenvalue weighted by molar-refractivity contribution is -0.118. The van der Waals surface area contributed by atoms with Gasteiger partial charge in [-0.2, -0.15) is 5.10 Å². The maximum Gasteiger partial charge on any atom is 0.257 e. The van der Waals surface area contributed by atoms with E-state index in [1.807, 2.05) is 18.2 Å². The Kier molecular flexibility index (Phi) is 7.35. The van der Waals surface area contributed by atoms with E-state index >= 15 is 0 Å². The largest absolute Gasteiger partial charge is 0.331 e. The maximum absolute atomic E-state index is 14.3. The molecule has 0 radical (unpaired) electrons. The average Bonchev–Trinajstić information content (AvgIpc) is 3.72. The van der Waals surface area contributed by atoms with Crippen molar-refractivity contribution in [3.63, 3.8) is 0 Å². The van der Waals surface area contributed by atoms with Gasteiger partial charge in [0.05, 0.1) is 28.6 Å². The van der Waals surface area contributed by atoms with E-state index in [2.05, 4.69) is 46.4 Å². The van der Waals surface area contributed by atoms with Gasteiger partial charge in [-0.25, -0.2) is 14.4 Å². The van der Waals surface area contributed by atoms with E-state index in [1.54, 1.807) is 28.7 Å². The molecule has 12 heteroatoms. The van der Waals surface area contributed by atoms with Crippen LogP contribution in [-0.4, -0.2) is 61.9 Å². The molecule has 0 saturated carbocycles. The Morgan fingerprint density at radius 2 is 2.05 bits per heavy atom. The maximum atomic E-state index is 14.3. The number of carbonyl (C=O) groups excluding carboxylic acids is 1. The predicted octanol–water partition coefficient (Wildman–Crippen LogP) is 5.89. The predicted molar refractivity (Wildman–Crippen MR) is 157 cm³/mol. The molecular weight excluding hydrogens is 572 g/mol. The molecule has 0 spiro atoms. The van der Waals surface area contributed by atoms with Crippen molar-refractivity contribution in [2.75, 3.05) is 26.0 Å². The highest BCUT2D eigenvalue weighted by atomic mass is 35.5. The third-order valence-corrected chi connectivity index (χ3v) is 8.42. The number of fused-ring (bicyclic) bond motifs is 2. The number of hydrogen-bond acceptors (Lipinski definition) is 6. The van der Waals surface area contributed by atoms with Crippen molar-refractivity contribution in [3.05, 3.63) is 81.4 Å². The number of aromatic nitrogens is 5. The Labute approximate surface area is 244 Å². The SMILES string of the molecule is CN(C)CCc1ccc(-c2cc(Cl)c3cn(C(C(=O)Nc4nccs4)c4ncn5c4CC(F)C5)nc3c2Cl)cc1. The molecule has 0 bridgehead atoms. The third-order valence-electron chi connectivity index (χ3n) is 7.04. The molecule has 1 aliphatic rings. The summed E-state index contributed by atoms with van der Waals surface area (Å²) in [7, 11) is 4.10. The number of benzene rings is 2. The number of thiazole rings is 1. The van der Waals surface area contributed by atoms with E-state index in [1.165, 1.54) is 21.6 Å². The second-order valence-electron chi connectivity index (χ2n) is 10.1. The van der Waals surface area contributed by atoms with E-state index in [9.17, 15) is 9.18 Å². The quantitative estimate of drug-likeness (QED) is 0.241. The minimum atomic E-state index is -1.03. The molecule has 0 saturated heterocycles. The van der Waals surface area contributed by atoms with Gasteiger partial charge in [0.2, 0.25) is 0 Å². The van der Waals surface area contributed by atoms with Gasteiger partial charge in [0.1, 0.15) is 11.7 Å². The number of halogens is 3. The fraction of sp³-hybridized carbons (Fsp3) is 0.286. The van der Waals surface area contributed by atoms with Crippen LogP contribution < -0.4 is 5.32 Å². The summed E-state index contributed by atoms with van der Waals surface area (Å²) in [4.78, 5) is 24.5. The minimum absolute atomic E-state index is 0.174. The summed E-state index contributed by atoms with van der Waals surface area (Å²) in [5.41, 5.74) is 4.45. The summed E-state index contributed by atoms with van der Waals surface area (Å²) in [6.45, 7) is 1.16. The fourth-order valence-corrected chi connectivity index (χ4v) is 6.10. The molecule has 0 aliphatic carbocycles. The summed E-state index contributed by atoms with van der Waals surface area (Å²) in [6, 6.07) is 9.06. The van der Waals surface area contributed by atoms with E-state index in [4.69, 9.17) is 28.3 Å². The van der Waals surface area contributed by atoms with Crippen LogP contribution in [0.4, 0.5) is 9.52 Å². The van der Waals surface area contributed by atoms with Gasteiger partial charge in [-0.1, -0.05) is 47.5 Å². The van der Waals surface area contributed by atoms with Crippen molar-refractivity contribution in [1.82, 2.24) is 29.2 Å². The van der Waals surface area contributed by atoms with Crippen LogP contribution in [0, 0.1) is 0 Å². The Balaban J connectivity index is 1.40. The highest BCUT2D eigenvalue weighted by Gasteiger charge is 2.34. The van der Waals surface area contributed by atoms with Crippen LogP contribution in [0.2, 0.25) is 10.0 Å². The number of likely N-dealkylation sites (N-methyl/N-ethyl adjacent to an activating group) is 1. The lowest BCUT2D eigenvalue weighted by Crippen LogP contribution is -2.28. The number of hydrogen-bond donors (Lipinski definition) is 1. The van der Waals surface area contributed by atoms with Gasteiger partial charge in [0.25, 0.3) is 5.91 Å². The molecule has 4 heterocycles. The van der Waals surface area contributed by atoms with Crippen molar-refractivity contribution in [2.45, 2.75) is 31.6 Å². The molecule has 206 valence electrons. The molecule has 2 unspecified atom stereocenters. The molecule has 1 aliphatic heterocycles. The normalized spacial score (nSPS) is 15.6. The zero-order valence-corrected chi connectivity index (χ0v) is 24.1. The highest BCUT2D eigenvalue weighted by molar-refractivity contribution is 7.13. The Bertz CT molecular complexity index is 1680. The first-order valence-corrected chi connectivity index (χ1v) is 14.4. The number of rotatable bonds is 8. The summed E-state index contributed by atoms with van der Waals surface area (Å²) in [5.74, 6) is -0.396. The first kappa shape index (κ1) is 26.9. The lowest BCUT2D eigenvalue weighted by atomic mass is 10.0. The minimum Gasteiger partial charge on any atom is -0.331 e. The van der Waals surface area contributed by atoms with Gasteiger partial charge in [-0.05, 0) is 37.7 Å². The van der Waals surface area contributed by atoms with Crippen molar-refractivity contribution >= 4 is 56.5 Å². The van der Waals surface area contributed by atoms with Gasteiger partial charge >= 0.3 is 0 Å². The molecular formula is C28H26Cl2FN7OS. The smallest absolute Gasteiger partial charge is 0.257 e. The molecule has 6 rings (SSSR count). The number of anilines is 1. The van der Waals surface area contributed by atoms with Crippen molar-refractivity contribution in [3.8, 4) is 11.1 Å². The first-order valence-electron chi connectivity index (χ1n) is 12.8. The van der Waals surface area contributed by atoms with Crippen LogP contribution in [0.1, 0.15) is 23.0 Å². The monoisotopic (exact) mass is 597 g/mol. The van der Waals surface area contributed by atoms with Crippen LogP contribution >= 0.6 is 34.5 Å².